The van der Waals surface area contributed by atoms with E-state index in [9.17, 15) is 14.0 Å². The van der Waals surface area contributed by atoms with Crippen LogP contribution in [0.5, 0.6) is 0 Å². The van der Waals surface area contributed by atoms with Crippen molar-refractivity contribution in [3.8, 4) is 0 Å². The molecule has 0 fully saturated rings. The van der Waals surface area contributed by atoms with E-state index in [0.29, 0.717) is 0 Å². The molecule has 0 spiro atoms. The molecule has 0 aliphatic carbocycles. The summed E-state index contributed by atoms with van der Waals surface area (Å²) in [6, 6.07) is 0. The van der Waals surface area contributed by atoms with Crippen molar-refractivity contribution >= 4 is 11.9 Å². The van der Waals surface area contributed by atoms with Gasteiger partial charge in [0.1, 0.15) is 6.17 Å². The summed E-state index contributed by atoms with van der Waals surface area (Å²) < 4.78 is 12.9. The van der Waals surface area contributed by atoms with Crippen molar-refractivity contribution in [3.05, 3.63) is 0 Å². The van der Waals surface area contributed by atoms with Gasteiger partial charge in [0.2, 0.25) is 0 Å². The molecule has 0 heterocycles. The van der Waals surface area contributed by atoms with Gasteiger partial charge in [-0.2, -0.15) is 11.8 Å². The van der Waals surface area contributed by atoms with Crippen LogP contribution in [0.15, 0.2) is 0 Å². The Bertz CT molecular complexity index is 180. The minimum absolute atomic E-state index is 0.0338. The Hall–Kier alpha value is -1.21. The number of rotatable bonds is 6. The van der Waals surface area contributed by atoms with Crippen molar-refractivity contribution in [1.82, 2.24) is 0 Å². The smallest absolute Gasteiger partial charge is 0.324 e. The van der Waals surface area contributed by atoms with Gasteiger partial charge in [-0.25, -0.2) is 4.39 Å². The summed E-state index contributed by atoms with van der Waals surface area (Å²) in [5, 5.41) is 0. The highest BCUT2D eigenvalue weighted by atomic mass is 19.1. The number of carbonyl (C=O) groups excluding carboxylic acids is 2. The van der Waals surface area contributed by atoms with Crippen LogP contribution in [0.2, 0.25) is 0 Å². The lowest BCUT2D eigenvalue weighted by Crippen LogP contribution is -2.14. The topological polar surface area (TPSA) is 105 Å². The van der Waals surface area contributed by atoms with Gasteiger partial charge in [-0.15, -0.1) is 0 Å². The van der Waals surface area contributed by atoms with E-state index in [1.54, 1.807) is 0 Å². The molecule has 0 aromatic carbocycles. The summed E-state index contributed by atoms with van der Waals surface area (Å²) in [6.45, 7) is 0. The number of hydrogen-bond donors (Lipinski definition) is 2. The molecule has 82 valence electrons. The average molecular weight is 208 g/mol. The highest BCUT2D eigenvalue weighted by Crippen LogP contribution is 2.09. The van der Waals surface area contributed by atoms with E-state index in [0.717, 1.165) is 0 Å². The highest BCUT2D eigenvalue weighted by molar-refractivity contribution is 5.69. The van der Waals surface area contributed by atoms with Gasteiger partial charge in [0.25, 0.3) is 0 Å². The van der Waals surface area contributed by atoms with Crippen molar-refractivity contribution in [1.29, 1.82) is 0 Å². The molecular weight excluding hydrogens is 195 g/mol. The molecule has 0 aliphatic heterocycles. The second-order valence-corrected chi connectivity index (χ2v) is 2.65. The van der Waals surface area contributed by atoms with Gasteiger partial charge in [-0.1, -0.05) is 0 Å². The molecule has 7 heteroatoms. The fourth-order valence-electron chi connectivity index (χ4n) is 0.811. The molecule has 14 heavy (non-hydrogen) atoms. The molecule has 0 unspecified atom stereocenters. The molecule has 0 saturated heterocycles. The molecule has 0 radical (unpaired) electrons. The Morgan fingerprint density at radius 3 is 1.71 bits per heavy atom. The first-order valence-electron chi connectivity index (χ1n) is 4.03. The number of halogens is 1. The minimum atomic E-state index is -1.27. The van der Waals surface area contributed by atoms with Crippen LogP contribution in [-0.2, 0) is 19.3 Å². The molecule has 0 saturated carbocycles. The SMILES string of the molecule is NOC(=O)CCC(F)CCC(=O)ON. The Balaban J connectivity index is 3.50. The van der Waals surface area contributed by atoms with E-state index in [-0.39, 0.29) is 25.7 Å². The molecule has 0 rings (SSSR count). The Morgan fingerprint density at radius 1 is 1.07 bits per heavy atom. The maximum absolute atomic E-state index is 12.9. The van der Waals surface area contributed by atoms with E-state index >= 15 is 0 Å². The lowest BCUT2D eigenvalue weighted by atomic mass is 10.1. The van der Waals surface area contributed by atoms with Gasteiger partial charge in [-0.05, 0) is 12.8 Å². The first-order valence-corrected chi connectivity index (χ1v) is 4.03. The van der Waals surface area contributed by atoms with Crippen molar-refractivity contribution in [2.75, 3.05) is 0 Å². The van der Waals surface area contributed by atoms with Crippen LogP contribution < -0.4 is 11.8 Å². The van der Waals surface area contributed by atoms with E-state index in [1.807, 2.05) is 0 Å². The number of alkyl halides is 1. The third kappa shape index (κ3) is 6.32. The normalized spacial score (nSPS) is 10.0. The highest BCUT2D eigenvalue weighted by Gasteiger charge is 2.12. The van der Waals surface area contributed by atoms with Gasteiger partial charge in [0.05, 0.1) is 12.8 Å². The molecule has 6 nitrogen and oxygen atoms in total. The summed E-state index contributed by atoms with van der Waals surface area (Å²) in [5.74, 6) is 7.71. The molecular formula is C7H13FN2O4. The van der Waals surface area contributed by atoms with E-state index in [4.69, 9.17) is 0 Å². The molecule has 0 aromatic rings. The van der Waals surface area contributed by atoms with Gasteiger partial charge < -0.3 is 9.68 Å². The largest absolute Gasteiger partial charge is 0.373 e. The zero-order valence-corrected chi connectivity index (χ0v) is 7.57. The Kier molecular flexibility index (Phi) is 6.59. The third-order valence-corrected chi connectivity index (χ3v) is 1.59. The Morgan fingerprint density at radius 2 is 1.43 bits per heavy atom. The fraction of sp³-hybridized carbons (Fsp3) is 0.714. The molecule has 0 aliphatic rings. The second kappa shape index (κ2) is 7.22. The predicted octanol–water partition coefficient (Wildman–Crippen LogP) is -0.281. The van der Waals surface area contributed by atoms with Crippen LogP contribution >= 0.6 is 0 Å². The van der Waals surface area contributed by atoms with Crippen LogP contribution in [0.25, 0.3) is 0 Å². The van der Waals surface area contributed by atoms with Crippen LogP contribution in [0.4, 0.5) is 4.39 Å². The number of carbonyl (C=O) groups is 2. The lowest BCUT2D eigenvalue weighted by molar-refractivity contribution is -0.144. The summed E-state index contributed by atoms with van der Waals surface area (Å²) in [7, 11) is 0. The van der Waals surface area contributed by atoms with Crippen molar-refractivity contribution in [3.63, 3.8) is 0 Å². The van der Waals surface area contributed by atoms with Gasteiger partial charge in [0, 0.05) is 0 Å². The van der Waals surface area contributed by atoms with Crippen molar-refractivity contribution in [2.24, 2.45) is 11.8 Å². The first kappa shape index (κ1) is 12.8. The maximum Gasteiger partial charge on any atom is 0.324 e. The lowest BCUT2D eigenvalue weighted by Gasteiger charge is -2.05. The fourth-order valence-corrected chi connectivity index (χ4v) is 0.811. The Labute approximate surface area is 80.2 Å². The summed E-state index contributed by atoms with van der Waals surface area (Å²) in [4.78, 5) is 28.6. The van der Waals surface area contributed by atoms with Crippen LogP contribution in [0.1, 0.15) is 25.7 Å². The van der Waals surface area contributed by atoms with Crippen LogP contribution in [0.3, 0.4) is 0 Å². The standard InChI is InChI=1S/C7H13FN2O4/c8-5(1-3-6(11)13-9)2-4-7(12)14-10/h5H,1-4,9-10H2. The first-order chi connectivity index (χ1) is 6.60. The molecule has 4 N–H and O–H groups in total. The van der Waals surface area contributed by atoms with Gasteiger partial charge in [-0.3, -0.25) is 9.59 Å². The van der Waals surface area contributed by atoms with Crippen molar-refractivity contribution in [2.45, 2.75) is 31.9 Å². The van der Waals surface area contributed by atoms with E-state index < -0.39 is 18.1 Å². The molecule has 0 atom stereocenters. The molecule has 0 bridgehead atoms. The molecule has 0 aromatic heterocycles. The minimum Gasteiger partial charge on any atom is -0.373 e. The zero-order valence-electron chi connectivity index (χ0n) is 7.57. The number of hydrogen-bond acceptors (Lipinski definition) is 6. The quantitative estimate of drug-likeness (QED) is 0.581. The molecule has 0 amide bonds. The summed E-state index contributed by atoms with van der Waals surface area (Å²) >= 11 is 0. The summed E-state index contributed by atoms with van der Waals surface area (Å²) in [5.41, 5.74) is 0. The van der Waals surface area contributed by atoms with Gasteiger partial charge >= 0.3 is 11.9 Å². The van der Waals surface area contributed by atoms with E-state index in [2.05, 4.69) is 21.5 Å². The summed E-state index contributed by atoms with van der Waals surface area (Å²) in [6.07, 6.45) is -1.57. The van der Waals surface area contributed by atoms with Gasteiger partial charge in [0.15, 0.2) is 0 Å². The number of nitrogens with two attached hydrogens (primary N) is 2. The monoisotopic (exact) mass is 208 g/mol. The third-order valence-electron chi connectivity index (χ3n) is 1.59. The maximum atomic E-state index is 12.9. The zero-order chi connectivity index (χ0) is 11.0. The predicted molar refractivity (Wildman–Crippen MR) is 43.9 cm³/mol. The average Bonchev–Trinajstić information content (AvgIpc) is 2.22. The van der Waals surface area contributed by atoms with Crippen LogP contribution in [0, 0.1) is 0 Å². The van der Waals surface area contributed by atoms with Crippen LogP contribution in [-0.4, -0.2) is 18.1 Å². The van der Waals surface area contributed by atoms with E-state index in [1.165, 1.54) is 0 Å². The second-order valence-electron chi connectivity index (χ2n) is 2.65. The van der Waals surface area contributed by atoms with Crippen molar-refractivity contribution < 1.29 is 23.7 Å².